The Morgan fingerprint density at radius 1 is 1.26 bits per heavy atom. The van der Waals surface area contributed by atoms with E-state index in [1.165, 1.54) is 0 Å². The van der Waals surface area contributed by atoms with Gasteiger partial charge < -0.3 is 26.4 Å². The number of aromatic nitrogens is 10. The fourth-order valence-electron chi connectivity index (χ4n) is 4.64. The molecule has 19 nitrogen and oxygen atoms in total. The van der Waals surface area contributed by atoms with Crippen LogP contribution in [0.25, 0.3) is 22.3 Å². The minimum atomic E-state index is -4.61. The molecular formula is C18H21F2N12O7PS2. The highest BCUT2D eigenvalue weighted by Gasteiger charge is 2.58. The summed E-state index contributed by atoms with van der Waals surface area (Å²) in [5.74, 6) is -3.40. The Kier molecular flexibility index (Phi) is 7.12. The van der Waals surface area contributed by atoms with Crippen LogP contribution in [-0.2, 0) is 29.9 Å². The number of aliphatic hydroxyl groups is 2. The second-order valence-corrected chi connectivity index (χ2v) is 13.4. The number of hydrogen-bond acceptors (Lipinski definition) is 17. The highest BCUT2D eigenvalue weighted by molar-refractivity contribution is 8.44. The first kappa shape index (κ1) is 29.0. The number of nitrogens with two attached hydrogens (primary N) is 2. The lowest BCUT2D eigenvalue weighted by atomic mass is 10.1. The number of aromatic amines is 1. The van der Waals surface area contributed by atoms with Crippen molar-refractivity contribution < 1.29 is 37.3 Å². The number of anilines is 2. The summed E-state index contributed by atoms with van der Waals surface area (Å²) >= 11 is 4.87. The average Bonchev–Trinajstić information content (AvgIpc) is 3.70. The lowest BCUT2D eigenvalue weighted by Crippen LogP contribution is -2.47. The zero-order chi connectivity index (χ0) is 30.0. The summed E-state index contributed by atoms with van der Waals surface area (Å²) in [7, 11) is 0. The molecule has 7 N–H and O–H groups in total. The van der Waals surface area contributed by atoms with Gasteiger partial charge in [0.15, 0.2) is 34.3 Å². The van der Waals surface area contributed by atoms with Crippen LogP contribution in [0.1, 0.15) is 0 Å². The Hall–Kier alpha value is -3.05. The predicted octanol–water partition coefficient (Wildman–Crippen LogP) is -1.53. The maximum atomic E-state index is 16.0. The molecule has 4 aromatic heterocycles. The Balaban J connectivity index is 1.25. The first-order chi connectivity index (χ1) is 19.9. The van der Waals surface area contributed by atoms with Gasteiger partial charge in [0.25, 0.3) is 11.4 Å². The molecule has 4 aromatic rings. The number of fused-ring (bicyclic) bond motifs is 2. The van der Waals surface area contributed by atoms with E-state index in [1.54, 1.807) is 0 Å². The molecule has 0 saturated carbocycles. The van der Waals surface area contributed by atoms with Gasteiger partial charge in [0, 0.05) is 5.75 Å². The first-order valence-electron chi connectivity index (χ1n) is 11.9. The van der Waals surface area contributed by atoms with E-state index in [0.29, 0.717) is 4.68 Å². The molecule has 0 aromatic carbocycles. The van der Waals surface area contributed by atoms with Crippen molar-refractivity contribution in [2.75, 3.05) is 37.0 Å². The van der Waals surface area contributed by atoms with Crippen LogP contribution in [0.3, 0.4) is 0 Å². The van der Waals surface area contributed by atoms with E-state index >= 15 is 8.78 Å². The van der Waals surface area contributed by atoms with Crippen molar-refractivity contribution in [3.8, 4) is 0 Å². The van der Waals surface area contributed by atoms with Crippen molar-refractivity contribution in [2.24, 2.45) is 0 Å². The zero-order valence-electron chi connectivity index (χ0n) is 20.9. The van der Waals surface area contributed by atoms with E-state index in [4.69, 9.17) is 25.3 Å². The minimum absolute atomic E-state index is 0.00440. The number of nitrogen functional groups attached to an aromatic ring is 2. The SMILES string of the molecule is Nc1nc2c(nnn2[C@@]2(OP(=O)(S)OC[C@H]3OC[C@](F)(n4nnc5c(N)ncnc54)[C@@H]3O)CS[C@H](CO)[C@H]2F)c(=O)[nH]1. The highest BCUT2D eigenvalue weighted by atomic mass is 32.7. The lowest BCUT2D eigenvalue weighted by molar-refractivity contribution is -0.0745. The summed E-state index contributed by atoms with van der Waals surface area (Å²) in [5.41, 5.74) is 7.55. The van der Waals surface area contributed by atoms with E-state index in [1.807, 2.05) is 0 Å². The molecule has 42 heavy (non-hydrogen) atoms. The standard InChI is InChI=1S/C18H21F2N12O7PS2/c19-10-7(1-33)42-4-18(10,32-14-9(28-30-32)15(35)26-16(22)25-14)39-40(36,41)38-2-6-11(34)17(20,3-37-6)31-13-8(27-29-31)12(21)23-5-24-13/h5-7,10-11,33-34H,1-4H2,(H,36,41)(H2,21,23,24)(H3,22,25,26,35)/t6-,7-,10-,11-,17+,18-,40?/m1/s1. The van der Waals surface area contributed by atoms with Crippen molar-refractivity contribution >= 4 is 64.9 Å². The van der Waals surface area contributed by atoms with Crippen molar-refractivity contribution in [1.29, 1.82) is 0 Å². The summed E-state index contributed by atoms with van der Waals surface area (Å²) in [4.78, 5) is 26.1. The molecule has 0 bridgehead atoms. The second kappa shape index (κ2) is 10.3. The van der Waals surface area contributed by atoms with Gasteiger partial charge in [0.1, 0.15) is 25.1 Å². The molecule has 6 heterocycles. The lowest BCUT2D eigenvalue weighted by Gasteiger charge is -2.33. The molecule has 226 valence electrons. The van der Waals surface area contributed by atoms with E-state index in [2.05, 4.69) is 52.8 Å². The average molecular weight is 651 g/mol. The molecule has 7 atom stereocenters. The van der Waals surface area contributed by atoms with Crippen molar-refractivity contribution in [3.05, 3.63) is 16.7 Å². The molecule has 2 saturated heterocycles. The number of thioether (sulfide) groups is 1. The number of alkyl halides is 2. The summed E-state index contributed by atoms with van der Waals surface area (Å²) in [5, 5.41) is 34.3. The van der Waals surface area contributed by atoms with Crippen molar-refractivity contribution in [3.63, 3.8) is 0 Å². The molecule has 2 aliphatic heterocycles. The molecule has 2 aliphatic rings. The number of nitrogens with one attached hydrogen (secondary N) is 1. The minimum Gasteiger partial charge on any atom is -0.395 e. The van der Waals surface area contributed by atoms with E-state index in [9.17, 15) is 19.6 Å². The topological polar surface area (TPSA) is 270 Å². The zero-order valence-corrected chi connectivity index (χ0v) is 23.5. The van der Waals surface area contributed by atoms with Crippen LogP contribution in [-0.4, -0.2) is 109 Å². The quantitative estimate of drug-likeness (QED) is 0.0932. The number of aliphatic hydroxyl groups excluding tert-OH is 2. The molecule has 6 rings (SSSR count). The van der Waals surface area contributed by atoms with Crippen molar-refractivity contribution in [1.82, 2.24) is 49.9 Å². The molecule has 0 aliphatic carbocycles. The molecular weight excluding hydrogens is 629 g/mol. The number of halogens is 2. The third-order valence-corrected chi connectivity index (χ3v) is 9.74. The predicted molar refractivity (Wildman–Crippen MR) is 143 cm³/mol. The summed E-state index contributed by atoms with van der Waals surface area (Å²) in [6, 6.07) is 0. The van der Waals surface area contributed by atoms with E-state index < -0.39 is 67.3 Å². The van der Waals surface area contributed by atoms with Gasteiger partial charge in [-0.2, -0.15) is 14.3 Å². The Labute approximate surface area is 241 Å². The number of H-pyrrole nitrogens is 1. The molecule has 0 amide bonds. The van der Waals surface area contributed by atoms with Crippen LogP contribution in [0.5, 0.6) is 0 Å². The number of thiol groups is 1. The summed E-state index contributed by atoms with van der Waals surface area (Å²) < 4.78 is 63.1. The fourth-order valence-corrected chi connectivity index (χ4v) is 7.66. The highest BCUT2D eigenvalue weighted by Crippen LogP contribution is 2.61. The maximum absolute atomic E-state index is 16.0. The number of hydrogen-bond donors (Lipinski definition) is 6. The Morgan fingerprint density at radius 2 is 2.00 bits per heavy atom. The number of rotatable bonds is 8. The summed E-state index contributed by atoms with van der Waals surface area (Å²) in [6.07, 6.45) is -4.42. The van der Waals surface area contributed by atoms with Crippen LogP contribution in [0.2, 0.25) is 0 Å². The monoisotopic (exact) mass is 650 g/mol. The van der Waals surface area contributed by atoms with Gasteiger partial charge in [0.05, 0.1) is 18.5 Å². The third kappa shape index (κ3) is 4.51. The smallest absolute Gasteiger partial charge is 0.388 e. The number of nitrogens with zero attached hydrogens (tertiary/aromatic N) is 9. The van der Waals surface area contributed by atoms with Gasteiger partial charge in [-0.25, -0.2) is 23.3 Å². The Bertz CT molecular complexity index is 1780. The van der Waals surface area contributed by atoms with Gasteiger partial charge in [0.2, 0.25) is 11.7 Å². The maximum Gasteiger partial charge on any atom is 0.388 e. The molecule has 24 heteroatoms. The fraction of sp³-hybridized carbons (Fsp3) is 0.556. The van der Waals surface area contributed by atoms with Crippen LogP contribution in [0.15, 0.2) is 11.1 Å². The number of ether oxygens (including phenoxy) is 1. The second-order valence-electron chi connectivity index (χ2n) is 9.30. The normalized spacial score (nSPS) is 31.3. The van der Waals surface area contributed by atoms with E-state index in [-0.39, 0.29) is 39.8 Å². The third-order valence-electron chi connectivity index (χ3n) is 6.73. The van der Waals surface area contributed by atoms with Crippen molar-refractivity contribution in [2.45, 2.75) is 35.1 Å². The molecule has 1 unspecified atom stereocenters. The van der Waals surface area contributed by atoms with Crippen LogP contribution in [0.4, 0.5) is 20.5 Å². The van der Waals surface area contributed by atoms with Gasteiger partial charge in [-0.15, -0.1) is 22.0 Å². The summed E-state index contributed by atoms with van der Waals surface area (Å²) in [6.45, 7) is -6.73. The van der Waals surface area contributed by atoms with Gasteiger partial charge in [-0.1, -0.05) is 22.7 Å². The molecule has 0 spiro atoms. The molecule has 0 radical (unpaired) electrons. The van der Waals surface area contributed by atoms with E-state index in [0.717, 1.165) is 22.8 Å². The van der Waals surface area contributed by atoms with Gasteiger partial charge in [-0.05, 0) is 0 Å². The first-order valence-corrected chi connectivity index (χ1v) is 15.6. The molecule has 2 fully saturated rings. The van der Waals surface area contributed by atoms with Crippen LogP contribution in [0, 0.1) is 0 Å². The van der Waals surface area contributed by atoms with Gasteiger partial charge in [-0.3, -0.25) is 18.8 Å². The van der Waals surface area contributed by atoms with Crippen LogP contribution < -0.4 is 17.0 Å². The van der Waals surface area contributed by atoms with Crippen LogP contribution >= 0.6 is 30.8 Å². The largest absolute Gasteiger partial charge is 0.395 e. The van der Waals surface area contributed by atoms with Gasteiger partial charge >= 0.3 is 6.80 Å². The Morgan fingerprint density at radius 3 is 2.74 bits per heavy atom.